The first-order valence-electron chi connectivity index (χ1n) is 2.17. The minimum absolute atomic E-state index is 0. The first-order valence-corrected chi connectivity index (χ1v) is 2.17. The summed E-state index contributed by atoms with van der Waals surface area (Å²) in [7, 11) is 1.85. The average Bonchev–Trinajstić information content (AvgIpc) is 1.87. The fourth-order valence-corrected chi connectivity index (χ4v) is 0.486. The molecule has 1 rings (SSSR count). The topological polar surface area (TPSA) is 17.8 Å². The Balaban J connectivity index is 0.000000490. The first kappa shape index (κ1) is 8.31. The monoisotopic (exact) mass is 184 g/mol. The average molecular weight is 184 g/mol. The van der Waals surface area contributed by atoms with Crippen LogP contribution in [0, 0.1) is 13.1 Å². The molecule has 0 saturated carbocycles. The molecule has 0 aliphatic carbocycles. The number of hydrogen-bond donors (Lipinski definition) is 0. The van der Waals surface area contributed by atoms with E-state index in [4.69, 9.17) is 0 Å². The summed E-state index contributed by atoms with van der Waals surface area (Å²) in [5.41, 5.74) is 1.09. The maximum Gasteiger partial charge on any atom is 0.00775 e. The predicted molar refractivity (Wildman–Crippen MR) is 26.8 cm³/mol. The molecule has 0 spiro atoms. The molecule has 1 aromatic heterocycles. The summed E-state index contributed by atoms with van der Waals surface area (Å²) < 4.78 is 1.66. The van der Waals surface area contributed by atoms with Gasteiger partial charge in [0.1, 0.15) is 0 Å². The third kappa shape index (κ3) is 2.06. The van der Waals surface area contributed by atoms with Gasteiger partial charge in [-0.2, -0.15) is 5.56 Å². The van der Waals surface area contributed by atoms with Crippen LogP contribution in [0.25, 0.3) is 0 Å². The van der Waals surface area contributed by atoms with Gasteiger partial charge < -0.3 is 4.68 Å². The molecule has 1 aromatic rings. The van der Waals surface area contributed by atoms with Crippen LogP contribution in [-0.4, -0.2) is 9.78 Å². The molecule has 2 nitrogen and oxygen atoms in total. The van der Waals surface area contributed by atoms with Gasteiger partial charge in [-0.3, -0.25) is 5.10 Å². The van der Waals surface area contributed by atoms with Crippen molar-refractivity contribution in [3.8, 4) is 0 Å². The van der Waals surface area contributed by atoms with Gasteiger partial charge in [0.15, 0.2) is 0 Å². The van der Waals surface area contributed by atoms with Crippen LogP contribution < -0.4 is 0 Å². The van der Waals surface area contributed by atoms with Gasteiger partial charge in [-0.15, -0.1) is 12.4 Å². The summed E-state index contributed by atoms with van der Waals surface area (Å²) in [6.45, 7) is 1.97. The molecule has 0 bridgehead atoms. The van der Waals surface area contributed by atoms with Crippen molar-refractivity contribution < 1.29 is 32.7 Å². The zero-order chi connectivity index (χ0) is 5.28. The molecule has 3 heteroatoms. The van der Waals surface area contributed by atoms with Crippen molar-refractivity contribution in [3.05, 3.63) is 18.0 Å². The molecule has 41 valence electrons. The van der Waals surface area contributed by atoms with Crippen molar-refractivity contribution in [2.45, 2.75) is 6.92 Å². The van der Waals surface area contributed by atoms with Crippen LogP contribution in [0.3, 0.4) is 0 Å². The molecular formula is C5H7N2Y-. The van der Waals surface area contributed by atoms with Gasteiger partial charge in [0.25, 0.3) is 0 Å². The smallest absolute Gasteiger partial charge is 0.00775 e. The summed E-state index contributed by atoms with van der Waals surface area (Å²) in [6, 6.07) is 0. The van der Waals surface area contributed by atoms with E-state index < -0.39 is 0 Å². The molecule has 0 atom stereocenters. The number of nitrogens with zero attached hydrogens (tertiary/aromatic N) is 2. The largest absolute Gasteiger partial charge is 0.379 e. The Morgan fingerprint density at radius 3 is 2.50 bits per heavy atom. The van der Waals surface area contributed by atoms with Crippen LogP contribution in [0.5, 0.6) is 0 Å². The van der Waals surface area contributed by atoms with E-state index in [0.29, 0.717) is 0 Å². The predicted octanol–water partition coefficient (Wildman–Crippen LogP) is 0.526. The maximum atomic E-state index is 3.88. The third-order valence-electron chi connectivity index (χ3n) is 0.763. The second-order valence-electron chi connectivity index (χ2n) is 1.56. The minimum Gasteiger partial charge on any atom is -0.379 e. The molecule has 8 heavy (non-hydrogen) atoms. The van der Waals surface area contributed by atoms with Crippen LogP contribution in [0.1, 0.15) is 5.56 Å². The normalized spacial score (nSPS) is 8.25. The molecule has 0 saturated heterocycles. The molecule has 0 amide bonds. The van der Waals surface area contributed by atoms with E-state index in [1.807, 2.05) is 14.0 Å². The Labute approximate surface area is 74.2 Å². The van der Waals surface area contributed by atoms with E-state index >= 15 is 0 Å². The Bertz CT molecular complexity index is 143. The molecule has 0 fully saturated rings. The summed E-state index contributed by atoms with van der Waals surface area (Å²) in [5.74, 6) is 0. The first-order chi connectivity index (χ1) is 3.29. The SMILES string of the molecule is Cc1[c-]n(C)nc1.[Y]. The number of aryl methyl sites for hydroxylation is 2. The van der Waals surface area contributed by atoms with E-state index in [0.717, 1.165) is 5.56 Å². The molecule has 0 N–H and O–H groups in total. The summed E-state index contributed by atoms with van der Waals surface area (Å²) in [4.78, 5) is 0. The van der Waals surface area contributed by atoms with E-state index in [-0.39, 0.29) is 32.7 Å². The van der Waals surface area contributed by atoms with Crippen LogP contribution in [0.4, 0.5) is 0 Å². The van der Waals surface area contributed by atoms with Gasteiger partial charge in [0, 0.05) is 39.8 Å². The van der Waals surface area contributed by atoms with Gasteiger partial charge >= 0.3 is 0 Å². The van der Waals surface area contributed by atoms with E-state index in [2.05, 4.69) is 11.3 Å². The summed E-state index contributed by atoms with van der Waals surface area (Å²) in [6.07, 6.45) is 4.72. The second kappa shape index (κ2) is 3.36. The zero-order valence-electron chi connectivity index (χ0n) is 5.05. The minimum atomic E-state index is 0. The second-order valence-corrected chi connectivity index (χ2v) is 1.56. The van der Waals surface area contributed by atoms with Crippen molar-refractivity contribution in [3.63, 3.8) is 0 Å². The molecular weight excluding hydrogens is 177 g/mol. The van der Waals surface area contributed by atoms with Gasteiger partial charge in [0.05, 0.1) is 0 Å². The Morgan fingerprint density at radius 2 is 2.38 bits per heavy atom. The molecule has 1 radical (unpaired) electrons. The van der Waals surface area contributed by atoms with E-state index in [9.17, 15) is 0 Å². The van der Waals surface area contributed by atoms with E-state index in [1.54, 1.807) is 10.9 Å². The quantitative estimate of drug-likeness (QED) is 0.537. The molecule has 0 unspecified atom stereocenters. The van der Waals surface area contributed by atoms with Crippen molar-refractivity contribution >= 4 is 0 Å². The van der Waals surface area contributed by atoms with Gasteiger partial charge in [-0.1, -0.05) is 6.92 Å². The van der Waals surface area contributed by atoms with Crippen LogP contribution in [-0.2, 0) is 39.8 Å². The fraction of sp³-hybridized carbons (Fsp3) is 0.400. The fourth-order valence-electron chi connectivity index (χ4n) is 0.486. The van der Waals surface area contributed by atoms with Crippen molar-refractivity contribution in [2.24, 2.45) is 7.05 Å². The van der Waals surface area contributed by atoms with Gasteiger partial charge in [-0.05, 0) is 0 Å². The molecule has 0 aromatic carbocycles. The third-order valence-corrected chi connectivity index (χ3v) is 0.763. The van der Waals surface area contributed by atoms with Gasteiger partial charge in [-0.25, -0.2) is 0 Å². The summed E-state index contributed by atoms with van der Waals surface area (Å²) in [5, 5.41) is 3.88. The van der Waals surface area contributed by atoms with Crippen molar-refractivity contribution in [1.29, 1.82) is 0 Å². The number of rotatable bonds is 0. The van der Waals surface area contributed by atoms with E-state index in [1.165, 1.54) is 0 Å². The molecule has 1 heterocycles. The van der Waals surface area contributed by atoms with Crippen molar-refractivity contribution in [2.75, 3.05) is 0 Å². The van der Waals surface area contributed by atoms with Crippen LogP contribution >= 0.6 is 0 Å². The molecule has 0 aliphatic rings. The zero-order valence-corrected chi connectivity index (χ0v) is 7.89. The Kier molecular flexibility index (Phi) is 3.49. The van der Waals surface area contributed by atoms with Crippen LogP contribution in [0.2, 0.25) is 0 Å². The number of hydrogen-bond acceptors (Lipinski definition) is 1. The Morgan fingerprint density at radius 1 is 1.75 bits per heavy atom. The van der Waals surface area contributed by atoms with Crippen molar-refractivity contribution in [1.82, 2.24) is 9.78 Å². The number of aromatic nitrogens is 2. The van der Waals surface area contributed by atoms with Gasteiger partial charge in [0.2, 0.25) is 0 Å². The maximum absolute atomic E-state index is 3.88. The standard InChI is InChI=1S/C5H7N2.Y/c1-5-3-6-7(2)4-5;/h3H,1-2H3;/q-1;. The van der Waals surface area contributed by atoms with Crippen LogP contribution in [0.15, 0.2) is 6.20 Å². The summed E-state index contributed by atoms with van der Waals surface area (Å²) >= 11 is 0. The molecule has 0 aliphatic heterocycles. The Hall–Kier alpha value is 0.314.